The van der Waals surface area contributed by atoms with Crippen molar-refractivity contribution in [3.8, 4) is 17.2 Å². The summed E-state index contributed by atoms with van der Waals surface area (Å²) >= 11 is 3.34. The molecule has 0 unspecified atom stereocenters. The molecule has 2 aromatic rings. The van der Waals surface area contributed by atoms with Crippen LogP contribution in [0.5, 0.6) is 17.2 Å². The number of halogens is 1. The molecule has 37 heavy (non-hydrogen) atoms. The molecular formula is C27H29BrN2O7. The molecule has 196 valence electrons. The zero-order valence-corrected chi connectivity index (χ0v) is 22.3. The summed E-state index contributed by atoms with van der Waals surface area (Å²) in [6, 6.07) is 7.64. The smallest absolute Gasteiger partial charge is 0.295 e. The van der Waals surface area contributed by atoms with E-state index in [4.69, 9.17) is 14.2 Å². The lowest BCUT2D eigenvalue weighted by atomic mass is 9.94. The van der Waals surface area contributed by atoms with Gasteiger partial charge in [0.2, 0.25) is 0 Å². The van der Waals surface area contributed by atoms with E-state index in [0.717, 1.165) is 24.4 Å². The monoisotopic (exact) mass is 572 g/mol. The van der Waals surface area contributed by atoms with Crippen LogP contribution in [0.3, 0.4) is 0 Å². The first kappa shape index (κ1) is 25.6. The molecule has 0 radical (unpaired) electrons. The van der Waals surface area contributed by atoms with Crippen LogP contribution in [-0.4, -0.2) is 84.3 Å². The maximum absolute atomic E-state index is 13.4. The highest BCUT2D eigenvalue weighted by Gasteiger charge is 2.46. The predicted octanol–water partition coefficient (Wildman–Crippen LogP) is 3.24. The number of Topliss-reactive ketones (excluding diaryl/α,β-unsaturated/α-hetero) is 1. The molecule has 0 bridgehead atoms. The van der Waals surface area contributed by atoms with Gasteiger partial charge in [0.1, 0.15) is 17.6 Å². The van der Waals surface area contributed by atoms with Crippen molar-refractivity contribution < 1.29 is 34.0 Å². The van der Waals surface area contributed by atoms with Crippen LogP contribution in [0.1, 0.15) is 29.7 Å². The molecule has 1 amide bonds. The minimum atomic E-state index is -0.865. The lowest BCUT2D eigenvalue weighted by molar-refractivity contribution is -0.140. The third-order valence-electron chi connectivity index (χ3n) is 7.06. The maximum Gasteiger partial charge on any atom is 0.295 e. The van der Waals surface area contributed by atoms with Gasteiger partial charge in [-0.3, -0.25) is 14.5 Å². The number of fused-ring (bicyclic) bond motifs is 1. The van der Waals surface area contributed by atoms with Gasteiger partial charge in [0, 0.05) is 38.2 Å². The summed E-state index contributed by atoms with van der Waals surface area (Å²) in [4.78, 5) is 30.4. The zero-order chi connectivity index (χ0) is 26.3. The van der Waals surface area contributed by atoms with E-state index in [1.54, 1.807) is 30.3 Å². The number of nitrogens with zero attached hydrogens (tertiary/aromatic N) is 2. The highest BCUT2D eigenvalue weighted by molar-refractivity contribution is 9.10. The van der Waals surface area contributed by atoms with E-state index < -0.39 is 17.7 Å². The molecule has 2 N–H and O–H groups in total. The lowest BCUT2D eigenvalue weighted by Crippen LogP contribution is -2.42. The van der Waals surface area contributed by atoms with Crippen molar-refractivity contribution in [1.29, 1.82) is 0 Å². The fourth-order valence-corrected chi connectivity index (χ4v) is 5.62. The first-order chi connectivity index (χ1) is 17.8. The summed E-state index contributed by atoms with van der Waals surface area (Å²) in [5.74, 6) is -0.837. The fraction of sp³-hybridized carbons (Fsp3) is 0.407. The van der Waals surface area contributed by atoms with Gasteiger partial charge in [-0.25, -0.2) is 0 Å². The summed E-state index contributed by atoms with van der Waals surface area (Å²) in [6.45, 7) is 5.51. The molecule has 3 heterocycles. The second-order valence-corrected chi connectivity index (χ2v) is 10.3. The number of phenols is 1. The SMILES string of the molecule is COc1cc([C@H]2C(=C(O)c3ccc4c(c3)C[C@H](C)O4)C(=O)C(=O)N2CCN2CCOCC2)cc(Br)c1O. The molecular weight excluding hydrogens is 544 g/mol. The number of ketones is 1. The fourth-order valence-electron chi connectivity index (χ4n) is 5.16. The Bertz CT molecular complexity index is 1270. The van der Waals surface area contributed by atoms with E-state index in [2.05, 4.69) is 20.8 Å². The number of likely N-dealkylation sites (tertiary alicyclic amines) is 1. The first-order valence-electron chi connectivity index (χ1n) is 12.2. The van der Waals surface area contributed by atoms with Crippen molar-refractivity contribution in [2.24, 2.45) is 0 Å². The van der Waals surface area contributed by atoms with Crippen molar-refractivity contribution in [2.45, 2.75) is 25.5 Å². The van der Waals surface area contributed by atoms with Gasteiger partial charge >= 0.3 is 0 Å². The molecule has 10 heteroatoms. The van der Waals surface area contributed by atoms with Crippen LogP contribution in [0.4, 0.5) is 0 Å². The minimum absolute atomic E-state index is 0.00136. The van der Waals surface area contributed by atoms with Crippen LogP contribution < -0.4 is 9.47 Å². The van der Waals surface area contributed by atoms with Crippen LogP contribution in [0.25, 0.3) is 5.76 Å². The lowest BCUT2D eigenvalue weighted by Gasteiger charge is -2.31. The quantitative estimate of drug-likeness (QED) is 0.308. The third kappa shape index (κ3) is 4.81. The Morgan fingerprint density at radius 2 is 1.92 bits per heavy atom. The van der Waals surface area contributed by atoms with Crippen molar-refractivity contribution in [3.63, 3.8) is 0 Å². The molecule has 2 aromatic carbocycles. The Labute approximate surface area is 223 Å². The Morgan fingerprint density at radius 1 is 1.16 bits per heavy atom. The van der Waals surface area contributed by atoms with Gasteiger partial charge in [0.25, 0.3) is 11.7 Å². The average Bonchev–Trinajstić information content (AvgIpc) is 3.39. The summed E-state index contributed by atoms with van der Waals surface area (Å²) in [5.41, 5.74) is 1.90. The van der Waals surface area contributed by atoms with Gasteiger partial charge < -0.3 is 29.3 Å². The molecule has 0 spiro atoms. The van der Waals surface area contributed by atoms with Crippen LogP contribution in [0, 0.1) is 0 Å². The predicted molar refractivity (Wildman–Crippen MR) is 139 cm³/mol. The number of ether oxygens (including phenoxy) is 3. The molecule has 9 nitrogen and oxygen atoms in total. The summed E-state index contributed by atoms with van der Waals surface area (Å²) in [6.07, 6.45) is 0.718. The molecule has 0 aromatic heterocycles. The van der Waals surface area contributed by atoms with E-state index >= 15 is 0 Å². The molecule has 2 saturated heterocycles. The number of hydrogen-bond acceptors (Lipinski definition) is 8. The van der Waals surface area contributed by atoms with Gasteiger partial charge in [0.05, 0.1) is 36.4 Å². The summed E-state index contributed by atoms with van der Waals surface area (Å²) < 4.78 is 16.9. The van der Waals surface area contributed by atoms with E-state index in [0.29, 0.717) is 41.8 Å². The maximum atomic E-state index is 13.4. The number of benzene rings is 2. The first-order valence-corrected chi connectivity index (χ1v) is 13.0. The minimum Gasteiger partial charge on any atom is -0.507 e. The van der Waals surface area contributed by atoms with Crippen LogP contribution in [0.2, 0.25) is 0 Å². The van der Waals surface area contributed by atoms with Crippen molar-refractivity contribution in [2.75, 3.05) is 46.5 Å². The number of carbonyl (C=O) groups excluding carboxylic acids is 2. The van der Waals surface area contributed by atoms with Crippen LogP contribution in [-0.2, 0) is 20.7 Å². The van der Waals surface area contributed by atoms with Crippen LogP contribution >= 0.6 is 15.9 Å². The average molecular weight is 573 g/mol. The highest BCUT2D eigenvalue weighted by atomic mass is 79.9. The zero-order valence-electron chi connectivity index (χ0n) is 20.7. The van der Waals surface area contributed by atoms with Gasteiger partial charge in [-0.15, -0.1) is 0 Å². The van der Waals surface area contributed by atoms with E-state index in [9.17, 15) is 19.8 Å². The normalized spacial score (nSPS) is 23.3. The Kier molecular flexibility index (Phi) is 7.15. The number of aliphatic hydroxyl groups excluding tert-OH is 1. The van der Waals surface area contributed by atoms with E-state index in [1.807, 2.05) is 6.92 Å². The Hall–Kier alpha value is -3.08. The van der Waals surface area contributed by atoms with Gasteiger partial charge in [0.15, 0.2) is 11.5 Å². The number of hydrogen-bond donors (Lipinski definition) is 2. The number of morpholine rings is 1. The number of amides is 1. The number of methoxy groups -OCH3 is 1. The van der Waals surface area contributed by atoms with Gasteiger partial charge in [-0.05, 0) is 64.3 Å². The number of phenolic OH excluding ortho intramolecular Hbond substituents is 1. The summed E-state index contributed by atoms with van der Waals surface area (Å²) in [7, 11) is 1.42. The Balaban J connectivity index is 1.59. The molecule has 2 atom stereocenters. The van der Waals surface area contributed by atoms with Gasteiger partial charge in [-0.2, -0.15) is 0 Å². The largest absolute Gasteiger partial charge is 0.507 e. The van der Waals surface area contributed by atoms with Crippen molar-refractivity contribution >= 4 is 33.4 Å². The number of aliphatic hydroxyl groups is 1. The molecule has 5 rings (SSSR count). The molecule has 2 fully saturated rings. The van der Waals surface area contributed by atoms with Gasteiger partial charge in [-0.1, -0.05) is 0 Å². The molecule has 3 aliphatic heterocycles. The second-order valence-electron chi connectivity index (χ2n) is 9.46. The van der Waals surface area contributed by atoms with Crippen molar-refractivity contribution in [3.05, 3.63) is 57.1 Å². The third-order valence-corrected chi connectivity index (χ3v) is 7.66. The number of rotatable bonds is 6. The van der Waals surface area contributed by atoms with E-state index in [1.165, 1.54) is 12.0 Å². The molecule has 0 saturated carbocycles. The van der Waals surface area contributed by atoms with E-state index in [-0.39, 0.29) is 35.5 Å². The van der Waals surface area contributed by atoms with Crippen LogP contribution in [0.15, 0.2) is 40.4 Å². The molecule has 3 aliphatic rings. The van der Waals surface area contributed by atoms with Crippen molar-refractivity contribution in [1.82, 2.24) is 9.80 Å². The summed E-state index contributed by atoms with van der Waals surface area (Å²) in [5, 5.41) is 21.8. The number of carbonyl (C=O) groups is 2. The standard InChI is InChI=1S/C27H29BrN2O7/c1-15-11-17-12-16(3-4-20(17)37-15)24(31)22-23(18-13-19(28)25(32)21(14-18)35-2)30(27(34)26(22)33)6-5-29-7-9-36-10-8-29/h3-4,12-15,23,31-32H,5-11H2,1-2H3/t15-,23-/m0/s1. The Morgan fingerprint density at radius 3 is 2.65 bits per heavy atom. The number of aromatic hydroxyl groups is 1. The topological polar surface area (TPSA) is 109 Å². The molecule has 0 aliphatic carbocycles. The second kappa shape index (κ2) is 10.4. The highest BCUT2D eigenvalue weighted by Crippen LogP contribution is 2.44.